The Kier molecular flexibility index (Phi) is 3.49. The number of hydrogen-bond donors (Lipinski definition) is 1. The van der Waals surface area contributed by atoms with E-state index in [9.17, 15) is 9.59 Å². The van der Waals surface area contributed by atoms with Crippen molar-refractivity contribution in [3.63, 3.8) is 0 Å². The van der Waals surface area contributed by atoms with Gasteiger partial charge >= 0.3 is 0 Å². The van der Waals surface area contributed by atoms with Crippen LogP contribution in [0.2, 0.25) is 0 Å². The fraction of sp³-hybridized carbons (Fsp3) is 0.417. The number of nitrogens with zero attached hydrogens (tertiary/aromatic N) is 2. The maximum atomic E-state index is 11.9. The fourth-order valence-corrected chi connectivity index (χ4v) is 1.93. The second-order valence-electron chi connectivity index (χ2n) is 4.03. The molecule has 2 heterocycles. The Bertz CT molecular complexity index is 410. The van der Waals surface area contributed by atoms with Crippen LogP contribution in [0, 0.1) is 0 Å². The quantitative estimate of drug-likeness (QED) is 0.603. The van der Waals surface area contributed by atoms with E-state index in [1.807, 2.05) is 0 Å². The Morgan fingerprint density at radius 2 is 1.88 bits per heavy atom. The van der Waals surface area contributed by atoms with Gasteiger partial charge in [-0.05, 0) is 25.5 Å². The van der Waals surface area contributed by atoms with E-state index >= 15 is 0 Å². The van der Waals surface area contributed by atoms with Crippen molar-refractivity contribution in [1.82, 2.24) is 9.88 Å². The van der Waals surface area contributed by atoms with Crippen LogP contribution in [-0.2, 0) is 0 Å². The fourth-order valence-electron chi connectivity index (χ4n) is 1.93. The Morgan fingerprint density at radius 3 is 2.59 bits per heavy atom. The van der Waals surface area contributed by atoms with Crippen molar-refractivity contribution in [1.29, 1.82) is 0 Å². The molecule has 0 aromatic carbocycles. The minimum absolute atomic E-state index is 0.208. The van der Waals surface area contributed by atoms with E-state index in [-0.39, 0.29) is 11.8 Å². The molecule has 17 heavy (non-hydrogen) atoms. The number of rotatable bonds is 5. The number of fused-ring (bicyclic) bond motifs is 1. The third-order valence-corrected chi connectivity index (χ3v) is 2.86. The zero-order valence-corrected chi connectivity index (χ0v) is 9.56. The normalized spacial score (nSPS) is 14.3. The topological polar surface area (TPSA) is 76.3 Å². The third kappa shape index (κ3) is 2.19. The van der Waals surface area contributed by atoms with E-state index in [1.54, 1.807) is 6.07 Å². The molecule has 0 radical (unpaired) electrons. The molecule has 0 aliphatic carbocycles. The van der Waals surface area contributed by atoms with Crippen LogP contribution in [-0.4, -0.2) is 34.8 Å². The number of carbonyl (C=O) groups excluding carboxylic acids is 2. The molecule has 1 aromatic rings. The van der Waals surface area contributed by atoms with Crippen LogP contribution >= 0.6 is 0 Å². The highest BCUT2D eigenvalue weighted by atomic mass is 16.2. The minimum atomic E-state index is -0.231. The summed E-state index contributed by atoms with van der Waals surface area (Å²) in [4.78, 5) is 29.0. The number of hydrogen-bond acceptors (Lipinski definition) is 4. The van der Waals surface area contributed by atoms with Crippen LogP contribution in [0.1, 0.15) is 40.0 Å². The van der Waals surface area contributed by atoms with Gasteiger partial charge in [-0.15, -0.1) is 0 Å². The second kappa shape index (κ2) is 5.05. The summed E-state index contributed by atoms with van der Waals surface area (Å²) >= 11 is 0. The number of aromatic nitrogens is 1. The summed E-state index contributed by atoms with van der Waals surface area (Å²) in [5, 5.41) is 0. The molecule has 0 saturated carbocycles. The summed E-state index contributed by atoms with van der Waals surface area (Å²) in [5.41, 5.74) is 6.27. The van der Waals surface area contributed by atoms with E-state index in [2.05, 4.69) is 4.98 Å². The third-order valence-electron chi connectivity index (χ3n) is 2.86. The van der Waals surface area contributed by atoms with Crippen LogP contribution in [0.5, 0.6) is 0 Å². The Labute approximate surface area is 99.6 Å². The molecule has 0 spiro atoms. The van der Waals surface area contributed by atoms with Crippen molar-refractivity contribution < 1.29 is 9.59 Å². The Morgan fingerprint density at radius 1 is 1.12 bits per heavy atom. The first kappa shape index (κ1) is 11.7. The first-order valence-electron chi connectivity index (χ1n) is 5.76. The molecule has 0 unspecified atom stereocenters. The zero-order chi connectivity index (χ0) is 12.3. The molecule has 2 amide bonds. The van der Waals surface area contributed by atoms with Gasteiger partial charge in [-0.2, -0.15) is 0 Å². The average Bonchev–Trinajstić information content (AvgIpc) is 2.60. The van der Waals surface area contributed by atoms with Crippen LogP contribution < -0.4 is 5.73 Å². The molecular formula is C12H15N3O2. The summed E-state index contributed by atoms with van der Waals surface area (Å²) in [6.45, 7) is 1.11. The van der Waals surface area contributed by atoms with Crippen molar-refractivity contribution in [2.24, 2.45) is 5.73 Å². The van der Waals surface area contributed by atoms with Gasteiger partial charge in [-0.25, -0.2) is 0 Å². The van der Waals surface area contributed by atoms with Crippen molar-refractivity contribution >= 4 is 11.8 Å². The zero-order valence-electron chi connectivity index (χ0n) is 9.56. The summed E-state index contributed by atoms with van der Waals surface area (Å²) < 4.78 is 0. The summed E-state index contributed by atoms with van der Waals surface area (Å²) in [6, 6.07) is 1.59. The van der Waals surface area contributed by atoms with Crippen molar-refractivity contribution in [2.45, 2.75) is 19.3 Å². The molecule has 90 valence electrons. The largest absolute Gasteiger partial charge is 0.330 e. The monoisotopic (exact) mass is 233 g/mol. The lowest BCUT2D eigenvalue weighted by atomic mass is 10.2. The van der Waals surface area contributed by atoms with Gasteiger partial charge in [0, 0.05) is 18.9 Å². The molecular weight excluding hydrogens is 218 g/mol. The molecule has 2 rings (SSSR count). The Balaban J connectivity index is 2.03. The maximum absolute atomic E-state index is 11.9. The van der Waals surface area contributed by atoms with Gasteiger partial charge in [0.1, 0.15) is 0 Å². The van der Waals surface area contributed by atoms with Gasteiger partial charge in [0.2, 0.25) is 0 Å². The molecule has 5 heteroatoms. The van der Waals surface area contributed by atoms with Gasteiger partial charge in [0.05, 0.1) is 11.1 Å². The number of nitrogens with two attached hydrogens (primary N) is 1. The van der Waals surface area contributed by atoms with Gasteiger partial charge < -0.3 is 5.73 Å². The SMILES string of the molecule is NCCCCCN1C(=O)c2ccncc2C1=O. The predicted octanol–water partition coefficient (Wildman–Crippen LogP) is 0.807. The van der Waals surface area contributed by atoms with Gasteiger partial charge in [0.15, 0.2) is 0 Å². The standard InChI is InChI=1S/C12H15N3O2/c13-5-2-1-3-7-15-11(16)9-4-6-14-8-10(9)12(15)17/h4,6,8H,1-3,5,7,13H2. The second-order valence-corrected chi connectivity index (χ2v) is 4.03. The van der Waals surface area contributed by atoms with Crippen LogP contribution in [0.15, 0.2) is 18.5 Å². The van der Waals surface area contributed by atoms with E-state index in [0.717, 1.165) is 19.3 Å². The highest BCUT2D eigenvalue weighted by Gasteiger charge is 2.34. The molecule has 1 aliphatic rings. The summed E-state index contributed by atoms with van der Waals surface area (Å²) in [6.07, 6.45) is 5.64. The van der Waals surface area contributed by atoms with E-state index in [0.29, 0.717) is 24.2 Å². The first-order valence-corrected chi connectivity index (χ1v) is 5.76. The summed E-state index contributed by atoms with van der Waals surface area (Å²) in [5.74, 6) is -0.439. The van der Waals surface area contributed by atoms with E-state index < -0.39 is 0 Å². The van der Waals surface area contributed by atoms with Gasteiger partial charge in [0.25, 0.3) is 11.8 Å². The number of imide groups is 1. The van der Waals surface area contributed by atoms with Crippen LogP contribution in [0.4, 0.5) is 0 Å². The highest BCUT2D eigenvalue weighted by Crippen LogP contribution is 2.21. The molecule has 2 N–H and O–H groups in total. The van der Waals surface area contributed by atoms with E-state index in [4.69, 9.17) is 5.73 Å². The molecule has 5 nitrogen and oxygen atoms in total. The molecule has 0 atom stereocenters. The molecule has 0 saturated heterocycles. The minimum Gasteiger partial charge on any atom is -0.330 e. The average molecular weight is 233 g/mol. The number of unbranched alkanes of at least 4 members (excludes halogenated alkanes) is 2. The van der Waals surface area contributed by atoms with E-state index in [1.165, 1.54) is 17.3 Å². The number of amides is 2. The van der Waals surface area contributed by atoms with Crippen LogP contribution in [0.3, 0.4) is 0 Å². The van der Waals surface area contributed by atoms with Gasteiger partial charge in [-0.3, -0.25) is 19.5 Å². The predicted molar refractivity (Wildman–Crippen MR) is 62.5 cm³/mol. The molecule has 0 bridgehead atoms. The Hall–Kier alpha value is -1.75. The van der Waals surface area contributed by atoms with Crippen molar-refractivity contribution in [2.75, 3.05) is 13.1 Å². The molecule has 1 aliphatic heterocycles. The smallest absolute Gasteiger partial charge is 0.263 e. The molecule has 1 aromatic heterocycles. The lowest BCUT2D eigenvalue weighted by Gasteiger charge is -2.12. The number of pyridine rings is 1. The summed E-state index contributed by atoms with van der Waals surface area (Å²) in [7, 11) is 0. The van der Waals surface area contributed by atoms with Crippen LogP contribution in [0.25, 0.3) is 0 Å². The van der Waals surface area contributed by atoms with Crippen molar-refractivity contribution in [3.05, 3.63) is 29.6 Å². The maximum Gasteiger partial charge on any atom is 0.263 e. The highest BCUT2D eigenvalue weighted by molar-refractivity contribution is 6.21. The van der Waals surface area contributed by atoms with Crippen molar-refractivity contribution in [3.8, 4) is 0 Å². The first-order chi connectivity index (χ1) is 8.25. The lowest BCUT2D eigenvalue weighted by molar-refractivity contribution is 0.0651. The lowest BCUT2D eigenvalue weighted by Crippen LogP contribution is -2.30. The number of carbonyl (C=O) groups is 2. The molecule has 0 fully saturated rings. The van der Waals surface area contributed by atoms with Gasteiger partial charge in [-0.1, -0.05) is 6.42 Å².